The van der Waals surface area contributed by atoms with Crippen molar-refractivity contribution >= 4 is 90.7 Å². The van der Waals surface area contributed by atoms with Gasteiger partial charge in [0.15, 0.2) is 0 Å². The average molecular weight is 688 g/mol. The van der Waals surface area contributed by atoms with Crippen LogP contribution in [0.15, 0.2) is 45.6 Å². The largest absolute Gasteiger partial charge is 0.477 e. The fraction of sp³-hybridized carbons (Fsp3) is 0. The number of hydrogen-bond donors (Lipinski definition) is 1. The summed E-state index contributed by atoms with van der Waals surface area (Å²) in [6.07, 6.45) is 0. The molecule has 0 bridgehead atoms. The Bertz CT molecular complexity index is 1100. The van der Waals surface area contributed by atoms with E-state index < -0.39 is 23.1 Å². The molecule has 1 heterocycles. The molecule has 0 unspecified atom stereocenters. The Kier molecular flexibility index (Phi) is 5.86. The summed E-state index contributed by atoms with van der Waals surface area (Å²) < 4.78 is 13.0. The summed E-state index contributed by atoms with van der Waals surface area (Å²) in [6, 6.07) is 9.38. The predicted octanol–water partition coefficient (Wildman–Crippen LogP) is 4.52. The van der Waals surface area contributed by atoms with Crippen molar-refractivity contribution in [2.45, 2.75) is 0 Å². The van der Waals surface area contributed by atoms with E-state index in [0.29, 0.717) is 10.9 Å². The monoisotopic (exact) mass is 688 g/mol. The molecule has 0 radical (unpaired) electrons. The highest BCUT2D eigenvalue weighted by Gasteiger charge is 2.18. The fourth-order valence-electron chi connectivity index (χ4n) is 2.20. The summed E-state index contributed by atoms with van der Waals surface area (Å²) in [6.45, 7) is 0. The molecular weight excluding hydrogens is 681 g/mol. The van der Waals surface area contributed by atoms with E-state index in [1.165, 1.54) is 24.3 Å². The SMILES string of the molecule is O=C(Oc1ccc2cc(C(=O)O)c(=O)oc2c1)c1c(I)cc(I)cc1I. The van der Waals surface area contributed by atoms with Crippen LogP contribution in [0.5, 0.6) is 5.75 Å². The van der Waals surface area contributed by atoms with E-state index in [4.69, 9.17) is 14.3 Å². The molecule has 1 N–H and O–H groups in total. The number of halogens is 3. The van der Waals surface area contributed by atoms with E-state index >= 15 is 0 Å². The molecule has 0 saturated carbocycles. The smallest absolute Gasteiger partial charge is 0.351 e. The first-order chi connectivity index (χ1) is 12.3. The maximum absolute atomic E-state index is 12.5. The molecule has 1 aromatic heterocycles. The van der Waals surface area contributed by atoms with Gasteiger partial charge >= 0.3 is 17.6 Å². The molecule has 0 aliphatic rings. The second-order valence-electron chi connectivity index (χ2n) is 5.09. The van der Waals surface area contributed by atoms with Crippen molar-refractivity contribution in [2.24, 2.45) is 0 Å². The van der Waals surface area contributed by atoms with Crippen LogP contribution in [0.2, 0.25) is 0 Å². The molecule has 0 amide bonds. The molecular formula is C17H7I3O6. The second kappa shape index (κ2) is 7.80. The molecule has 0 saturated heterocycles. The maximum atomic E-state index is 12.5. The highest BCUT2D eigenvalue weighted by molar-refractivity contribution is 14.1. The fourth-order valence-corrected chi connectivity index (χ4v) is 6.22. The molecule has 2 aromatic carbocycles. The lowest BCUT2D eigenvalue weighted by Crippen LogP contribution is -2.14. The first kappa shape index (κ1) is 19.5. The molecule has 0 fully saturated rings. The van der Waals surface area contributed by atoms with Crippen LogP contribution in [0, 0.1) is 10.7 Å². The third-order valence-corrected chi connectivity index (χ3v) is 5.68. The Morgan fingerprint density at radius 1 is 1.00 bits per heavy atom. The van der Waals surface area contributed by atoms with Crippen molar-refractivity contribution in [3.05, 3.63) is 68.7 Å². The molecule has 9 heteroatoms. The van der Waals surface area contributed by atoms with Gasteiger partial charge in [0.25, 0.3) is 0 Å². The van der Waals surface area contributed by atoms with E-state index in [1.54, 1.807) is 0 Å². The molecule has 3 rings (SSSR count). The van der Waals surface area contributed by atoms with Crippen molar-refractivity contribution in [2.75, 3.05) is 0 Å². The van der Waals surface area contributed by atoms with Crippen LogP contribution in [0.4, 0.5) is 0 Å². The third-order valence-electron chi connectivity index (χ3n) is 3.36. The normalized spacial score (nSPS) is 10.7. The highest BCUT2D eigenvalue weighted by atomic mass is 127. The number of benzene rings is 2. The average Bonchev–Trinajstić information content (AvgIpc) is 2.52. The van der Waals surface area contributed by atoms with Crippen molar-refractivity contribution in [3.8, 4) is 5.75 Å². The quantitative estimate of drug-likeness (QED) is 0.189. The van der Waals surface area contributed by atoms with E-state index in [2.05, 4.69) is 67.8 Å². The molecule has 3 aromatic rings. The van der Waals surface area contributed by atoms with Gasteiger partial charge in [-0.2, -0.15) is 0 Å². The zero-order valence-corrected chi connectivity index (χ0v) is 19.1. The van der Waals surface area contributed by atoms with Gasteiger partial charge in [-0.15, -0.1) is 0 Å². The van der Waals surface area contributed by atoms with Gasteiger partial charge in [0, 0.05) is 22.2 Å². The molecule has 0 spiro atoms. The van der Waals surface area contributed by atoms with Gasteiger partial charge in [0.1, 0.15) is 16.9 Å². The molecule has 132 valence electrons. The number of fused-ring (bicyclic) bond motifs is 1. The number of carbonyl (C=O) groups is 2. The van der Waals surface area contributed by atoms with Crippen molar-refractivity contribution in [1.29, 1.82) is 0 Å². The van der Waals surface area contributed by atoms with Gasteiger partial charge in [0.2, 0.25) is 0 Å². The van der Waals surface area contributed by atoms with Crippen molar-refractivity contribution < 1.29 is 23.8 Å². The van der Waals surface area contributed by atoms with Crippen LogP contribution < -0.4 is 10.4 Å². The second-order valence-corrected chi connectivity index (χ2v) is 8.66. The zero-order chi connectivity index (χ0) is 19.0. The number of rotatable bonds is 3. The molecule has 6 nitrogen and oxygen atoms in total. The molecule has 0 aliphatic carbocycles. The van der Waals surface area contributed by atoms with Gasteiger partial charge in [-0.25, -0.2) is 14.4 Å². The zero-order valence-electron chi connectivity index (χ0n) is 12.6. The Labute approximate surface area is 187 Å². The minimum atomic E-state index is -1.36. The summed E-state index contributed by atoms with van der Waals surface area (Å²) in [7, 11) is 0. The minimum absolute atomic E-state index is 0.136. The van der Waals surface area contributed by atoms with Crippen LogP contribution in [0.3, 0.4) is 0 Å². The number of carboxylic acid groups (broad SMARTS) is 1. The molecule has 0 aliphatic heterocycles. The van der Waals surface area contributed by atoms with Gasteiger partial charge in [-0.1, -0.05) is 0 Å². The third kappa shape index (κ3) is 4.03. The van der Waals surface area contributed by atoms with Crippen molar-refractivity contribution in [3.63, 3.8) is 0 Å². The highest BCUT2D eigenvalue weighted by Crippen LogP contribution is 2.26. The Morgan fingerprint density at radius 2 is 1.65 bits per heavy atom. The van der Waals surface area contributed by atoms with Crippen LogP contribution in [0.1, 0.15) is 20.7 Å². The Balaban J connectivity index is 1.97. The summed E-state index contributed by atoms with van der Waals surface area (Å²) in [5, 5.41) is 9.38. The van der Waals surface area contributed by atoms with Gasteiger partial charge in [-0.3, -0.25) is 0 Å². The Morgan fingerprint density at radius 3 is 2.27 bits per heavy atom. The number of ether oxygens (including phenoxy) is 1. The topological polar surface area (TPSA) is 93.8 Å². The van der Waals surface area contributed by atoms with E-state index in [1.807, 2.05) is 12.1 Å². The number of carbonyl (C=O) groups excluding carboxylic acids is 1. The standard InChI is InChI=1S/C17H7I3O6/c18-8-4-11(19)14(12(20)5-8)17(24)25-9-2-1-7-3-10(15(21)22)16(23)26-13(7)6-9/h1-6H,(H,21,22). The Hall–Kier alpha value is -1.22. The van der Waals surface area contributed by atoms with Crippen LogP contribution in [-0.2, 0) is 0 Å². The molecule has 26 heavy (non-hydrogen) atoms. The number of esters is 1. The van der Waals surface area contributed by atoms with Crippen LogP contribution >= 0.6 is 67.8 Å². The predicted molar refractivity (Wildman–Crippen MR) is 119 cm³/mol. The van der Waals surface area contributed by atoms with E-state index in [9.17, 15) is 14.4 Å². The summed E-state index contributed by atoms with van der Waals surface area (Å²) in [5.74, 6) is -1.70. The van der Waals surface area contributed by atoms with Crippen molar-refractivity contribution in [1.82, 2.24) is 0 Å². The lowest BCUT2D eigenvalue weighted by molar-refractivity contribution is 0.0690. The maximum Gasteiger partial charge on any atom is 0.351 e. The lowest BCUT2D eigenvalue weighted by atomic mass is 10.2. The van der Waals surface area contributed by atoms with Gasteiger partial charge < -0.3 is 14.3 Å². The number of hydrogen-bond acceptors (Lipinski definition) is 5. The first-order valence-corrected chi connectivity index (χ1v) is 10.2. The first-order valence-electron chi connectivity index (χ1n) is 6.94. The van der Waals surface area contributed by atoms with Gasteiger partial charge in [-0.05, 0) is 98.1 Å². The van der Waals surface area contributed by atoms with E-state index in [0.717, 1.165) is 10.7 Å². The number of carboxylic acids is 1. The summed E-state index contributed by atoms with van der Waals surface area (Å²) >= 11 is 6.31. The summed E-state index contributed by atoms with van der Waals surface area (Å²) in [4.78, 5) is 35.2. The lowest BCUT2D eigenvalue weighted by Gasteiger charge is -2.09. The summed E-state index contributed by atoms with van der Waals surface area (Å²) in [5.41, 5.74) is -0.827. The van der Waals surface area contributed by atoms with Crippen LogP contribution in [-0.4, -0.2) is 17.0 Å². The minimum Gasteiger partial charge on any atom is -0.477 e. The van der Waals surface area contributed by atoms with E-state index in [-0.39, 0.29) is 11.3 Å². The number of aromatic carboxylic acids is 1. The van der Waals surface area contributed by atoms with Crippen LogP contribution in [0.25, 0.3) is 11.0 Å². The van der Waals surface area contributed by atoms with Gasteiger partial charge in [0.05, 0.1) is 5.56 Å². The molecule has 0 atom stereocenters.